The molecule has 0 aromatic heterocycles. The molecule has 1 unspecified atom stereocenters. The number of nitrogens with one attached hydrogen (secondary N) is 1. The van der Waals surface area contributed by atoms with Gasteiger partial charge in [-0.1, -0.05) is 50.7 Å². The van der Waals surface area contributed by atoms with Crippen LogP contribution in [0.5, 0.6) is 0 Å². The lowest BCUT2D eigenvalue weighted by Crippen LogP contribution is -2.30. The minimum absolute atomic E-state index is 0.642. The number of halogens is 1. The van der Waals surface area contributed by atoms with E-state index in [0.717, 1.165) is 5.92 Å². The molecule has 1 aromatic carbocycles. The maximum atomic E-state index is 3.53. The summed E-state index contributed by atoms with van der Waals surface area (Å²) in [5.41, 5.74) is 1.47. The molecule has 1 fully saturated rings. The summed E-state index contributed by atoms with van der Waals surface area (Å²) in [5.74, 6) is 0.948. The third kappa shape index (κ3) is 5.42. The molecule has 19 heavy (non-hydrogen) atoms. The molecular formula is C17H26IN. The quantitative estimate of drug-likeness (QED) is 0.580. The summed E-state index contributed by atoms with van der Waals surface area (Å²) in [6, 6.07) is 9.63. The molecule has 1 N–H and O–H groups in total. The van der Waals surface area contributed by atoms with Gasteiger partial charge in [-0.05, 0) is 66.1 Å². The van der Waals surface area contributed by atoms with Crippen molar-refractivity contribution in [3.8, 4) is 0 Å². The van der Waals surface area contributed by atoms with Gasteiger partial charge in [-0.15, -0.1) is 0 Å². The fraction of sp³-hybridized carbons (Fsp3) is 0.647. The van der Waals surface area contributed by atoms with E-state index in [0.29, 0.717) is 6.04 Å². The van der Waals surface area contributed by atoms with Gasteiger partial charge in [0.2, 0.25) is 0 Å². The molecule has 1 aliphatic carbocycles. The van der Waals surface area contributed by atoms with Crippen LogP contribution in [0.1, 0.15) is 50.5 Å². The number of benzene rings is 1. The van der Waals surface area contributed by atoms with Crippen LogP contribution < -0.4 is 5.32 Å². The average molecular weight is 371 g/mol. The topological polar surface area (TPSA) is 12.0 Å². The Labute approximate surface area is 131 Å². The first-order chi connectivity index (χ1) is 9.28. The maximum absolute atomic E-state index is 3.53. The van der Waals surface area contributed by atoms with E-state index in [9.17, 15) is 0 Å². The smallest absolute Gasteiger partial charge is 0.0130 e. The van der Waals surface area contributed by atoms with Crippen LogP contribution in [0.3, 0.4) is 0 Å². The number of hydrogen-bond donors (Lipinski definition) is 1. The third-order valence-electron chi connectivity index (χ3n) is 4.40. The molecule has 106 valence electrons. The van der Waals surface area contributed by atoms with Crippen molar-refractivity contribution >= 4 is 22.6 Å². The van der Waals surface area contributed by atoms with Crippen LogP contribution in [0.25, 0.3) is 0 Å². The zero-order valence-corrected chi connectivity index (χ0v) is 14.2. The van der Waals surface area contributed by atoms with E-state index >= 15 is 0 Å². The molecule has 0 spiro atoms. The summed E-state index contributed by atoms with van der Waals surface area (Å²) >= 11 is 2.37. The third-order valence-corrected chi connectivity index (χ3v) is 5.12. The Kier molecular flexibility index (Phi) is 6.65. The molecular weight excluding hydrogens is 345 g/mol. The Morgan fingerprint density at radius 3 is 2.32 bits per heavy atom. The van der Waals surface area contributed by atoms with E-state index in [4.69, 9.17) is 0 Å². The molecule has 0 bridgehead atoms. The summed E-state index contributed by atoms with van der Waals surface area (Å²) in [6.45, 7) is 0. The van der Waals surface area contributed by atoms with Crippen LogP contribution in [0.4, 0.5) is 0 Å². The fourth-order valence-electron chi connectivity index (χ4n) is 3.21. The summed E-state index contributed by atoms with van der Waals surface area (Å²) in [5, 5.41) is 3.53. The van der Waals surface area contributed by atoms with Crippen molar-refractivity contribution in [1.82, 2.24) is 5.32 Å². The standard InChI is InChI=1S/C17H26IN/c1-19-17(12-14-6-4-2-3-5-7-14)13-15-8-10-16(18)11-9-15/h8-11,14,17,19H,2-7,12-13H2,1H3. The van der Waals surface area contributed by atoms with Crippen molar-refractivity contribution in [1.29, 1.82) is 0 Å². The normalized spacial score (nSPS) is 19.1. The average Bonchev–Trinajstić information content (AvgIpc) is 2.69. The summed E-state index contributed by atoms with van der Waals surface area (Å²) < 4.78 is 1.33. The first-order valence-corrected chi connectivity index (χ1v) is 8.77. The SMILES string of the molecule is CNC(Cc1ccc(I)cc1)CC1CCCCCC1. The van der Waals surface area contributed by atoms with E-state index < -0.39 is 0 Å². The minimum Gasteiger partial charge on any atom is -0.317 e. The Hall–Kier alpha value is -0.0900. The van der Waals surface area contributed by atoms with Gasteiger partial charge in [0.15, 0.2) is 0 Å². The highest BCUT2D eigenvalue weighted by molar-refractivity contribution is 14.1. The monoisotopic (exact) mass is 371 g/mol. The zero-order valence-electron chi connectivity index (χ0n) is 12.0. The lowest BCUT2D eigenvalue weighted by atomic mass is 9.90. The van der Waals surface area contributed by atoms with Gasteiger partial charge >= 0.3 is 0 Å². The van der Waals surface area contributed by atoms with E-state index in [2.05, 4.69) is 59.2 Å². The fourth-order valence-corrected chi connectivity index (χ4v) is 3.57. The van der Waals surface area contributed by atoms with Gasteiger partial charge in [-0.2, -0.15) is 0 Å². The first-order valence-electron chi connectivity index (χ1n) is 7.69. The first kappa shape index (κ1) is 15.3. The van der Waals surface area contributed by atoms with Crippen molar-refractivity contribution in [3.05, 3.63) is 33.4 Å². The molecule has 0 heterocycles. The van der Waals surface area contributed by atoms with Gasteiger partial charge in [-0.3, -0.25) is 0 Å². The molecule has 1 atom stereocenters. The van der Waals surface area contributed by atoms with Crippen molar-refractivity contribution in [3.63, 3.8) is 0 Å². The van der Waals surface area contributed by atoms with Crippen LogP contribution in [0, 0.1) is 9.49 Å². The van der Waals surface area contributed by atoms with E-state index in [1.54, 1.807) is 0 Å². The Balaban J connectivity index is 1.86. The molecule has 2 heteroatoms. The highest BCUT2D eigenvalue weighted by atomic mass is 127. The van der Waals surface area contributed by atoms with Crippen LogP contribution in [-0.2, 0) is 6.42 Å². The van der Waals surface area contributed by atoms with Crippen LogP contribution in [-0.4, -0.2) is 13.1 Å². The molecule has 1 aromatic rings. The number of rotatable bonds is 5. The van der Waals surface area contributed by atoms with Gasteiger partial charge in [0, 0.05) is 9.61 Å². The van der Waals surface area contributed by atoms with Crippen molar-refractivity contribution in [2.75, 3.05) is 7.05 Å². The van der Waals surface area contributed by atoms with E-state index in [-0.39, 0.29) is 0 Å². The molecule has 0 saturated heterocycles. The van der Waals surface area contributed by atoms with Gasteiger partial charge in [0.25, 0.3) is 0 Å². The Bertz CT molecular complexity index is 352. The summed E-state index contributed by atoms with van der Waals surface area (Å²) in [4.78, 5) is 0. The maximum Gasteiger partial charge on any atom is 0.0130 e. The lowest BCUT2D eigenvalue weighted by molar-refractivity contribution is 0.361. The lowest BCUT2D eigenvalue weighted by Gasteiger charge is -2.22. The van der Waals surface area contributed by atoms with Crippen molar-refractivity contribution in [2.24, 2.45) is 5.92 Å². The molecule has 0 amide bonds. The molecule has 1 nitrogen and oxygen atoms in total. The molecule has 1 aliphatic rings. The molecule has 0 radical (unpaired) electrons. The van der Waals surface area contributed by atoms with Gasteiger partial charge < -0.3 is 5.32 Å². The predicted octanol–water partition coefficient (Wildman–Crippen LogP) is 4.78. The second kappa shape index (κ2) is 8.25. The second-order valence-electron chi connectivity index (χ2n) is 5.91. The Morgan fingerprint density at radius 1 is 1.11 bits per heavy atom. The van der Waals surface area contributed by atoms with Gasteiger partial charge in [0.05, 0.1) is 0 Å². The van der Waals surface area contributed by atoms with Crippen LogP contribution >= 0.6 is 22.6 Å². The van der Waals surface area contributed by atoms with E-state index in [1.807, 2.05) is 0 Å². The van der Waals surface area contributed by atoms with Crippen LogP contribution in [0.15, 0.2) is 24.3 Å². The molecule has 2 rings (SSSR count). The summed E-state index contributed by atoms with van der Waals surface area (Å²) in [6.07, 6.45) is 11.2. The van der Waals surface area contributed by atoms with E-state index in [1.165, 1.54) is 60.5 Å². The van der Waals surface area contributed by atoms with Crippen molar-refractivity contribution in [2.45, 2.75) is 57.4 Å². The highest BCUT2D eigenvalue weighted by Gasteiger charge is 2.17. The predicted molar refractivity (Wildman–Crippen MR) is 91.5 cm³/mol. The number of likely N-dealkylation sites (N-methyl/N-ethyl adjacent to an activating group) is 1. The molecule has 0 aliphatic heterocycles. The Morgan fingerprint density at radius 2 is 1.74 bits per heavy atom. The summed E-state index contributed by atoms with van der Waals surface area (Å²) in [7, 11) is 2.12. The van der Waals surface area contributed by atoms with Gasteiger partial charge in [-0.25, -0.2) is 0 Å². The second-order valence-corrected chi connectivity index (χ2v) is 7.16. The zero-order chi connectivity index (χ0) is 13.5. The number of hydrogen-bond acceptors (Lipinski definition) is 1. The van der Waals surface area contributed by atoms with Crippen molar-refractivity contribution < 1.29 is 0 Å². The molecule has 1 saturated carbocycles. The highest BCUT2D eigenvalue weighted by Crippen LogP contribution is 2.27. The minimum atomic E-state index is 0.642. The largest absolute Gasteiger partial charge is 0.317 e. The van der Waals surface area contributed by atoms with Crippen LogP contribution in [0.2, 0.25) is 0 Å². The van der Waals surface area contributed by atoms with Gasteiger partial charge in [0.1, 0.15) is 0 Å².